The van der Waals surface area contributed by atoms with Crippen LogP contribution in [0.3, 0.4) is 0 Å². The molecule has 3 rings (SSSR count). The van der Waals surface area contributed by atoms with E-state index >= 15 is 0 Å². The van der Waals surface area contributed by atoms with Crippen molar-refractivity contribution in [1.29, 1.82) is 0 Å². The van der Waals surface area contributed by atoms with Crippen molar-refractivity contribution in [2.75, 3.05) is 32.7 Å². The van der Waals surface area contributed by atoms with Crippen LogP contribution in [0, 0.1) is 6.92 Å². The third-order valence-corrected chi connectivity index (χ3v) is 5.82. The van der Waals surface area contributed by atoms with Crippen molar-refractivity contribution in [2.24, 2.45) is 10.1 Å². The van der Waals surface area contributed by atoms with Gasteiger partial charge in [-0.2, -0.15) is 5.10 Å². The zero-order valence-corrected chi connectivity index (χ0v) is 21.3. The van der Waals surface area contributed by atoms with E-state index in [2.05, 4.69) is 74.5 Å². The second kappa shape index (κ2) is 13.0. The van der Waals surface area contributed by atoms with Crippen LogP contribution in [0.2, 0.25) is 0 Å². The van der Waals surface area contributed by atoms with Crippen molar-refractivity contribution in [3.8, 4) is 0 Å². The van der Waals surface area contributed by atoms with E-state index in [1.807, 2.05) is 23.8 Å². The summed E-state index contributed by atoms with van der Waals surface area (Å²) in [5.41, 5.74) is 4.67. The minimum atomic E-state index is 0.150. The van der Waals surface area contributed by atoms with Crippen LogP contribution in [0.5, 0.6) is 0 Å². The van der Waals surface area contributed by atoms with Gasteiger partial charge in [0.25, 0.3) is 0 Å². The topological polar surface area (TPSA) is 51.5 Å². The smallest absolute Gasteiger partial charge is 0.243 e. The molecule has 0 aliphatic carbocycles. The Morgan fingerprint density at radius 3 is 2.42 bits per heavy atom. The van der Waals surface area contributed by atoms with Gasteiger partial charge in [0, 0.05) is 38.8 Å². The molecule has 2 heterocycles. The van der Waals surface area contributed by atoms with E-state index < -0.39 is 0 Å². The quantitative estimate of drug-likeness (QED) is 0.458. The molecule has 1 aromatic carbocycles. The molecular formula is C27H41N5O. The largest absolute Gasteiger partial charge is 0.353 e. The van der Waals surface area contributed by atoms with Gasteiger partial charge in [0.15, 0.2) is 0 Å². The van der Waals surface area contributed by atoms with Crippen LogP contribution in [-0.2, 0) is 4.79 Å². The van der Waals surface area contributed by atoms with Gasteiger partial charge in [0.1, 0.15) is 12.4 Å². The summed E-state index contributed by atoms with van der Waals surface area (Å²) >= 11 is 0. The zero-order valence-electron chi connectivity index (χ0n) is 21.3. The molecule has 0 spiro atoms. The lowest BCUT2D eigenvalue weighted by molar-refractivity contribution is -0.134. The lowest BCUT2D eigenvalue weighted by Gasteiger charge is -2.36. The molecule has 0 saturated carbocycles. The summed E-state index contributed by atoms with van der Waals surface area (Å²) in [4.78, 5) is 21.6. The Morgan fingerprint density at radius 2 is 1.85 bits per heavy atom. The van der Waals surface area contributed by atoms with E-state index in [0.717, 1.165) is 43.0 Å². The molecule has 1 saturated heterocycles. The third-order valence-electron chi connectivity index (χ3n) is 5.82. The summed E-state index contributed by atoms with van der Waals surface area (Å²) in [6.45, 7) is 19.4. The SMILES string of the molecule is C=CN=C(C=C(C)C)N1CCN(C(=O)CN2N=C(c3cccc(C)c3)CC2CC)CC1.CC. The van der Waals surface area contributed by atoms with E-state index in [1.165, 1.54) is 11.1 Å². The summed E-state index contributed by atoms with van der Waals surface area (Å²) in [5, 5.41) is 6.84. The fraction of sp³-hybridized carbons (Fsp3) is 0.519. The molecule has 0 radical (unpaired) electrons. The molecule has 2 aliphatic rings. The summed E-state index contributed by atoms with van der Waals surface area (Å²) in [7, 11) is 0. The minimum absolute atomic E-state index is 0.150. The summed E-state index contributed by atoms with van der Waals surface area (Å²) in [6.07, 6.45) is 5.51. The number of hydrogen-bond donors (Lipinski definition) is 0. The third kappa shape index (κ3) is 7.31. The highest BCUT2D eigenvalue weighted by atomic mass is 16.2. The maximum absolute atomic E-state index is 13.0. The lowest BCUT2D eigenvalue weighted by Crippen LogP contribution is -2.52. The van der Waals surface area contributed by atoms with Crippen LogP contribution in [-0.4, -0.2) is 71.0 Å². The number of allylic oxidation sites excluding steroid dienone is 1. The molecule has 1 unspecified atom stereocenters. The molecule has 0 aromatic heterocycles. The number of amides is 1. The van der Waals surface area contributed by atoms with Gasteiger partial charge in [-0.3, -0.25) is 9.80 Å². The zero-order chi connectivity index (χ0) is 24.4. The van der Waals surface area contributed by atoms with Gasteiger partial charge in [-0.25, -0.2) is 4.99 Å². The highest BCUT2D eigenvalue weighted by Crippen LogP contribution is 2.23. The number of hydrazone groups is 1. The number of aliphatic imine (C=N–C) groups is 1. The number of amidine groups is 1. The van der Waals surface area contributed by atoms with Gasteiger partial charge in [-0.05, 0) is 38.8 Å². The maximum atomic E-state index is 13.0. The Hall–Kier alpha value is -2.89. The van der Waals surface area contributed by atoms with Crippen LogP contribution >= 0.6 is 0 Å². The van der Waals surface area contributed by atoms with Gasteiger partial charge < -0.3 is 9.80 Å². The van der Waals surface area contributed by atoms with Crippen LogP contribution in [0.25, 0.3) is 0 Å². The Balaban J connectivity index is 0.00000187. The number of nitrogens with zero attached hydrogens (tertiary/aromatic N) is 5. The van der Waals surface area contributed by atoms with E-state index in [9.17, 15) is 4.79 Å². The summed E-state index contributed by atoms with van der Waals surface area (Å²) in [6, 6.07) is 8.73. The van der Waals surface area contributed by atoms with Crippen molar-refractivity contribution >= 4 is 17.5 Å². The number of aryl methyl sites for hydroxylation is 1. The molecule has 180 valence electrons. The second-order valence-electron chi connectivity index (χ2n) is 8.54. The normalized spacial score (nSPS) is 18.4. The molecule has 1 atom stereocenters. The molecule has 33 heavy (non-hydrogen) atoms. The summed E-state index contributed by atoms with van der Waals surface area (Å²) in [5.74, 6) is 1.07. The molecule has 0 N–H and O–H groups in total. The lowest BCUT2D eigenvalue weighted by atomic mass is 10.0. The van der Waals surface area contributed by atoms with Gasteiger partial charge in [-0.15, -0.1) is 0 Å². The van der Waals surface area contributed by atoms with Crippen molar-refractivity contribution < 1.29 is 4.79 Å². The van der Waals surface area contributed by atoms with E-state index in [4.69, 9.17) is 5.10 Å². The van der Waals surface area contributed by atoms with Crippen molar-refractivity contribution in [1.82, 2.24) is 14.8 Å². The predicted octanol–water partition coefficient (Wildman–Crippen LogP) is 4.86. The maximum Gasteiger partial charge on any atom is 0.243 e. The van der Waals surface area contributed by atoms with Gasteiger partial charge in [0.05, 0.1) is 11.8 Å². The van der Waals surface area contributed by atoms with Crippen molar-refractivity contribution in [3.63, 3.8) is 0 Å². The molecular weight excluding hydrogens is 410 g/mol. The van der Waals surface area contributed by atoms with Crippen LogP contribution < -0.4 is 0 Å². The summed E-state index contributed by atoms with van der Waals surface area (Å²) < 4.78 is 0. The van der Waals surface area contributed by atoms with Crippen LogP contribution in [0.1, 0.15) is 58.6 Å². The first-order valence-electron chi connectivity index (χ1n) is 12.2. The molecule has 0 bridgehead atoms. The molecule has 6 heteroatoms. The Morgan fingerprint density at radius 1 is 1.18 bits per heavy atom. The fourth-order valence-electron chi connectivity index (χ4n) is 4.11. The van der Waals surface area contributed by atoms with Gasteiger partial charge in [0.2, 0.25) is 5.91 Å². The van der Waals surface area contributed by atoms with E-state index in [-0.39, 0.29) is 11.9 Å². The number of hydrogen-bond acceptors (Lipinski definition) is 4. The fourth-order valence-corrected chi connectivity index (χ4v) is 4.11. The van der Waals surface area contributed by atoms with Gasteiger partial charge >= 0.3 is 0 Å². The number of rotatable bonds is 6. The number of piperazine rings is 1. The molecule has 2 aliphatic heterocycles. The average molecular weight is 452 g/mol. The standard InChI is InChI=1S/C25H35N5O.C2H6/c1-6-22-17-23(21-10-8-9-20(5)16-21)27-30(22)18-25(31)29-13-11-28(12-14-29)24(26-7-2)15-19(3)4;1-2/h7-10,15-16,22H,2,6,11-14,17-18H2,1,3-5H3;1-2H3. The van der Waals surface area contributed by atoms with Crippen molar-refractivity contribution in [3.05, 3.63) is 59.8 Å². The highest BCUT2D eigenvalue weighted by Gasteiger charge is 2.30. The first-order chi connectivity index (χ1) is 15.9. The molecule has 1 amide bonds. The molecule has 6 nitrogen and oxygen atoms in total. The van der Waals surface area contributed by atoms with Gasteiger partial charge in [-0.1, -0.05) is 62.8 Å². The number of carbonyl (C=O) groups is 1. The Labute approximate surface area is 200 Å². The van der Waals surface area contributed by atoms with Crippen LogP contribution in [0.4, 0.5) is 0 Å². The number of benzene rings is 1. The van der Waals surface area contributed by atoms with Crippen LogP contribution in [0.15, 0.2) is 58.8 Å². The Bertz CT molecular complexity index is 890. The monoisotopic (exact) mass is 451 g/mol. The minimum Gasteiger partial charge on any atom is -0.353 e. The van der Waals surface area contributed by atoms with E-state index in [0.29, 0.717) is 19.6 Å². The number of carbonyl (C=O) groups excluding carboxylic acids is 1. The first-order valence-corrected chi connectivity index (χ1v) is 12.2. The second-order valence-corrected chi connectivity index (χ2v) is 8.54. The highest BCUT2D eigenvalue weighted by molar-refractivity contribution is 6.02. The Kier molecular flexibility index (Phi) is 10.4. The molecule has 1 fully saturated rings. The first kappa shape index (κ1) is 26.4. The predicted molar refractivity (Wildman–Crippen MR) is 140 cm³/mol. The van der Waals surface area contributed by atoms with E-state index in [1.54, 1.807) is 6.20 Å². The molecule has 1 aromatic rings. The van der Waals surface area contributed by atoms with Crippen molar-refractivity contribution in [2.45, 2.75) is 60.4 Å². The average Bonchev–Trinajstić information content (AvgIpc) is 3.23.